The van der Waals surface area contributed by atoms with Crippen LogP contribution in [0.3, 0.4) is 0 Å². The van der Waals surface area contributed by atoms with Gasteiger partial charge in [-0.25, -0.2) is 9.18 Å². The van der Waals surface area contributed by atoms with Crippen LogP contribution < -0.4 is 14.5 Å². The minimum Gasteiger partial charge on any atom is -0.489 e. The Morgan fingerprint density at radius 3 is 2.69 bits per heavy atom. The van der Waals surface area contributed by atoms with Gasteiger partial charge in [-0.05, 0) is 19.3 Å². The molecule has 6 rings (SSSR count). The molecular formula is C21H23FN2O5. The van der Waals surface area contributed by atoms with Gasteiger partial charge in [-0.3, -0.25) is 9.69 Å². The summed E-state index contributed by atoms with van der Waals surface area (Å²) in [7, 11) is 0. The largest absolute Gasteiger partial charge is 0.489 e. The lowest BCUT2D eigenvalue weighted by Crippen LogP contribution is -2.66. The molecule has 7 nitrogen and oxygen atoms in total. The number of ether oxygens (including phenoxy) is 3. The topological polar surface area (TPSA) is 68.3 Å². The Labute approximate surface area is 167 Å². The van der Waals surface area contributed by atoms with Crippen molar-refractivity contribution in [3.05, 3.63) is 17.9 Å². The van der Waals surface area contributed by atoms with Crippen molar-refractivity contribution in [1.82, 2.24) is 0 Å². The van der Waals surface area contributed by atoms with E-state index in [0.717, 1.165) is 39.1 Å². The Hall–Kier alpha value is -2.35. The summed E-state index contributed by atoms with van der Waals surface area (Å²) in [4.78, 5) is 28.0. The van der Waals surface area contributed by atoms with Crippen molar-refractivity contribution < 1.29 is 28.2 Å². The molecule has 0 bridgehead atoms. The predicted octanol–water partition coefficient (Wildman–Crippen LogP) is 2.51. The summed E-state index contributed by atoms with van der Waals surface area (Å²) in [6.45, 7) is 3.29. The average molecular weight is 402 g/mol. The first-order valence-corrected chi connectivity index (χ1v) is 10.3. The van der Waals surface area contributed by atoms with Gasteiger partial charge in [-0.15, -0.1) is 0 Å². The van der Waals surface area contributed by atoms with Gasteiger partial charge in [0.15, 0.2) is 0 Å². The molecule has 4 aliphatic heterocycles. The van der Waals surface area contributed by atoms with E-state index in [1.54, 1.807) is 6.07 Å². The molecule has 1 saturated carbocycles. The van der Waals surface area contributed by atoms with E-state index in [-0.39, 0.29) is 35.6 Å². The molecule has 29 heavy (non-hydrogen) atoms. The molecule has 3 saturated heterocycles. The van der Waals surface area contributed by atoms with Gasteiger partial charge in [0.25, 0.3) is 0 Å². The van der Waals surface area contributed by atoms with Crippen molar-refractivity contribution in [3.8, 4) is 5.75 Å². The molecule has 0 aromatic heterocycles. The highest BCUT2D eigenvalue weighted by atomic mass is 19.1. The highest BCUT2D eigenvalue weighted by molar-refractivity contribution is 5.94. The summed E-state index contributed by atoms with van der Waals surface area (Å²) in [5.74, 6) is 0.570. The highest BCUT2D eigenvalue weighted by Gasteiger charge is 2.51. The second-order valence-electron chi connectivity index (χ2n) is 9.07. The lowest BCUT2D eigenvalue weighted by Gasteiger charge is -2.56. The molecule has 4 heterocycles. The normalized spacial score (nSPS) is 28.8. The molecule has 1 aromatic carbocycles. The van der Waals surface area contributed by atoms with E-state index >= 15 is 0 Å². The summed E-state index contributed by atoms with van der Waals surface area (Å²) in [6.07, 6.45) is 1.94. The molecule has 1 amide bonds. The molecule has 1 aliphatic carbocycles. The lowest BCUT2D eigenvalue weighted by molar-refractivity contribution is -0.127. The third-order valence-electron chi connectivity index (χ3n) is 6.82. The minimum atomic E-state index is -0.495. The highest BCUT2D eigenvalue weighted by Crippen LogP contribution is 2.46. The van der Waals surface area contributed by atoms with Gasteiger partial charge in [0.05, 0.1) is 30.0 Å². The summed E-state index contributed by atoms with van der Waals surface area (Å²) in [5.41, 5.74) is 1.09. The zero-order valence-corrected chi connectivity index (χ0v) is 16.1. The molecular weight excluding hydrogens is 379 g/mol. The van der Waals surface area contributed by atoms with Crippen LogP contribution >= 0.6 is 0 Å². The number of ketones is 1. The van der Waals surface area contributed by atoms with Gasteiger partial charge in [-0.2, -0.15) is 0 Å². The first-order valence-electron chi connectivity index (χ1n) is 10.3. The Morgan fingerprint density at radius 1 is 1.21 bits per heavy atom. The quantitative estimate of drug-likeness (QED) is 0.754. The zero-order chi connectivity index (χ0) is 19.8. The summed E-state index contributed by atoms with van der Waals surface area (Å²) < 4.78 is 31.6. The fraction of sp³-hybridized carbons (Fsp3) is 0.619. The fourth-order valence-electron chi connectivity index (χ4n) is 4.93. The van der Waals surface area contributed by atoms with Gasteiger partial charge in [0.2, 0.25) is 0 Å². The summed E-state index contributed by atoms with van der Waals surface area (Å²) in [6, 6.07) is 2.73. The van der Waals surface area contributed by atoms with Gasteiger partial charge in [0, 0.05) is 37.6 Å². The summed E-state index contributed by atoms with van der Waals surface area (Å²) >= 11 is 0. The SMILES string of the molecule is O=C(CC[C@@H]1OC(=O)N2c3cc(F)c(N4CC5(COC5)C4)cc3OC[C@@H]12)C1CC1. The lowest BCUT2D eigenvalue weighted by atomic mass is 9.77. The van der Waals surface area contributed by atoms with Gasteiger partial charge in [0.1, 0.15) is 36.1 Å². The number of rotatable bonds is 5. The van der Waals surface area contributed by atoms with E-state index in [1.165, 1.54) is 11.0 Å². The van der Waals surface area contributed by atoms with Gasteiger partial charge >= 0.3 is 6.09 Å². The first kappa shape index (κ1) is 17.5. The standard InChI is InChI=1S/C21H23FN2O5/c22-13-5-15-19(6-14(13)23-8-21(9-23)10-27-11-21)28-7-16-18(29-20(26)24(15)16)4-3-17(25)12-1-2-12/h5-6,12,16,18H,1-4,7-11H2/t16-,18-/m0/s1. The van der Waals surface area contributed by atoms with E-state index in [9.17, 15) is 14.0 Å². The van der Waals surface area contributed by atoms with Crippen LogP contribution in [0.4, 0.5) is 20.6 Å². The van der Waals surface area contributed by atoms with E-state index in [2.05, 4.69) is 0 Å². The molecule has 2 atom stereocenters. The molecule has 1 aromatic rings. The van der Waals surface area contributed by atoms with E-state index in [4.69, 9.17) is 14.2 Å². The number of fused-ring (bicyclic) bond motifs is 3. The molecule has 0 unspecified atom stereocenters. The third kappa shape index (κ3) is 2.72. The average Bonchev–Trinajstić information content (AvgIpc) is 3.42. The maximum absolute atomic E-state index is 14.9. The molecule has 1 spiro atoms. The van der Waals surface area contributed by atoms with E-state index in [0.29, 0.717) is 30.0 Å². The number of cyclic esters (lactones) is 1. The van der Waals surface area contributed by atoms with Crippen LogP contribution in [0.5, 0.6) is 5.75 Å². The number of carbonyl (C=O) groups is 2. The number of anilines is 2. The summed E-state index contributed by atoms with van der Waals surface area (Å²) in [5, 5.41) is 0. The number of nitrogens with zero attached hydrogens (tertiary/aromatic N) is 2. The number of Topliss-reactive ketones (excluding diaryl/α,β-unsaturated/α-hetero) is 1. The Balaban J connectivity index is 1.20. The second-order valence-corrected chi connectivity index (χ2v) is 9.07. The van der Waals surface area contributed by atoms with Crippen molar-refractivity contribution in [1.29, 1.82) is 0 Å². The molecule has 8 heteroatoms. The molecule has 5 aliphatic rings. The predicted molar refractivity (Wildman–Crippen MR) is 101 cm³/mol. The number of hydrogen-bond acceptors (Lipinski definition) is 6. The smallest absolute Gasteiger partial charge is 0.415 e. The Bertz CT molecular complexity index is 889. The van der Waals surface area contributed by atoms with Gasteiger partial charge < -0.3 is 19.1 Å². The Kier molecular flexibility index (Phi) is 3.67. The van der Waals surface area contributed by atoms with Gasteiger partial charge in [-0.1, -0.05) is 0 Å². The molecule has 154 valence electrons. The maximum Gasteiger partial charge on any atom is 0.415 e. The zero-order valence-electron chi connectivity index (χ0n) is 16.1. The van der Waals surface area contributed by atoms with Crippen molar-refractivity contribution in [3.63, 3.8) is 0 Å². The van der Waals surface area contributed by atoms with Crippen LogP contribution in [0.1, 0.15) is 25.7 Å². The van der Waals surface area contributed by atoms with Crippen LogP contribution in [-0.4, -0.2) is 56.9 Å². The Morgan fingerprint density at radius 2 is 2.00 bits per heavy atom. The van der Waals surface area contributed by atoms with Crippen molar-refractivity contribution in [2.75, 3.05) is 42.7 Å². The van der Waals surface area contributed by atoms with Crippen molar-refractivity contribution in [2.45, 2.75) is 37.8 Å². The molecule has 0 radical (unpaired) electrons. The first-order chi connectivity index (χ1) is 14.0. The third-order valence-corrected chi connectivity index (χ3v) is 6.82. The van der Waals surface area contributed by atoms with Crippen LogP contribution in [0.2, 0.25) is 0 Å². The van der Waals surface area contributed by atoms with E-state index in [1.807, 2.05) is 4.90 Å². The fourth-order valence-corrected chi connectivity index (χ4v) is 4.93. The molecule has 0 N–H and O–H groups in total. The monoisotopic (exact) mass is 402 g/mol. The minimum absolute atomic E-state index is 0.179. The van der Waals surface area contributed by atoms with Crippen LogP contribution in [0.25, 0.3) is 0 Å². The second kappa shape index (κ2) is 6.08. The van der Waals surface area contributed by atoms with Crippen molar-refractivity contribution >= 4 is 23.3 Å². The molecule has 4 fully saturated rings. The maximum atomic E-state index is 14.9. The number of halogens is 1. The number of carbonyl (C=O) groups excluding carboxylic acids is 2. The van der Waals surface area contributed by atoms with E-state index < -0.39 is 12.2 Å². The number of benzene rings is 1. The van der Waals surface area contributed by atoms with Crippen LogP contribution in [0, 0.1) is 17.2 Å². The van der Waals surface area contributed by atoms with Crippen LogP contribution in [-0.2, 0) is 14.3 Å². The number of amides is 1. The van der Waals surface area contributed by atoms with Crippen LogP contribution in [0.15, 0.2) is 12.1 Å². The number of hydrogen-bond donors (Lipinski definition) is 0. The van der Waals surface area contributed by atoms with Crippen molar-refractivity contribution in [2.24, 2.45) is 11.3 Å².